The molecule has 0 aliphatic heterocycles. The zero-order valence-corrected chi connectivity index (χ0v) is 23.6. The van der Waals surface area contributed by atoms with E-state index >= 15 is 0 Å². The molecule has 2 amide bonds. The van der Waals surface area contributed by atoms with E-state index in [0.29, 0.717) is 32.7 Å². The van der Waals surface area contributed by atoms with Gasteiger partial charge in [0.2, 0.25) is 11.8 Å². The van der Waals surface area contributed by atoms with Gasteiger partial charge < -0.3 is 23.8 Å². The maximum absolute atomic E-state index is 13.7. The van der Waals surface area contributed by atoms with Crippen LogP contribution in [0.1, 0.15) is 43.5 Å². The second-order valence-corrected chi connectivity index (χ2v) is 9.61. The van der Waals surface area contributed by atoms with Gasteiger partial charge in [0.15, 0.2) is 0 Å². The van der Waals surface area contributed by atoms with E-state index in [1.807, 2.05) is 71.8 Å². The molecule has 0 saturated heterocycles. The minimum Gasteiger partial charge on any atom is -0.497 e. The van der Waals surface area contributed by atoms with Gasteiger partial charge in [-0.1, -0.05) is 49.4 Å². The average Bonchev–Trinajstić information content (AvgIpc) is 3.40. The van der Waals surface area contributed by atoms with Gasteiger partial charge in [-0.3, -0.25) is 9.59 Å². The lowest BCUT2D eigenvalue weighted by molar-refractivity contribution is -0.140. The van der Waals surface area contributed by atoms with Gasteiger partial charge in [-0.2, -0.15) is 0 Å². The first-order chi connectivity index (χ1) is 18.9. The van der Waals surface area contributed by atoms with E-state index in [0.717, 1.165) is 29.0 Å². The van der Waals surface area contributed by atoms with Gasteiger partial charge in [-0.15, -0.1) is 0 Å². The molecule has 0 spiro atoms. The van der Waals surface area contributed by atoms with Crippen LogP contribution in [0, 0.1) is 0 Å². The number of amides is 2. The van der Waals surface area contributed by atoms with Gasteiger partial charge in [0.05, 0.1) is 13.7 Å². The van der Waals surface area contributed by atoms with Crippen molar-refractivity contribution in [2.75, 3.05) is 33.9 Å². The number of ether oxygens (including phenoxy) is 2. The summed E-state index contributed by atoms with van der Waals surface area (Å²) in [5.74, 6) is 0.559. The minimum atomic E-state index is -0.186. The highest BCUT2D eigenvalue weighted by Gasteiger charge is 2.24. The standard InChI is InChI=1S/C32H41N3O4/c1-5-26(2)35(24-29-15-10-19-33(29)23-28-14-9-16-30(22-28)39-4)32(37)25-34(20-11-21-38-3)31(36)18-17-27-12-7-6-8-13-27/h6-10,12-19,22,26H,5,11,20-21,23-25H2,1-4H3/b18-17+. The lowest BCUT2D eigenvalue weighted by Gasteiger charge is -2.31. The summed E-state index contributed by atoms with van der Waals surface area (Å²) in [6.07, 6.45) is 6.83. The molecule has 3 rings (SSSR count). The summed E-state index contributed by atoms with van der Waals surface area (Å²) in [5.41, 5.74) is 3.09. The van der Waals surface area contributed by atoms with E-state index < -0.39 is 0 Å². The number of carbonyl (C=O) groups excluding carboxylic acids is 2. The molecule has 1 atom stereocenters. The van der Waals surface area contributed by atoms with E-state index in [1.54, 1.807) is 31.3 Å². The van der Waals surface area contributed by atoms with Crippen LogP contribution < -0.4 is 4.74 Å². The lowest BCUT2D eigenvalue weighted by atomic mass is 10.2. The Morgan fingerprint density at radius 2 is 1.82 bits per heavy atom. The van der Waals surface area contributed by atoms with E-state index in [2.05, 4.69) is 24.5 Å². The number of rotatable bonds is 15. The zero-order chi connectivity index (χ0) is 28.0. The van der Waals surface area contributed by atoms with Crippen molar-refractivity contribution in [3.8, 4) is 5.75 Å². The topological polar surface area (TPSA) is 64.0 Å². The highest BCUT2D eigenvalue weighted by Crippen LogP contribution is 2.18. The molecule has 208 valence electrons. The van der Waals surface area contributed by atoms with E-state index in [4.69, 9.17) is 9.47 Å². The maximum Gasteiger partial charge on any atom is 0.247 e. The van der Waals surface area contributed by atoms with Crippen LogP contribution in [0.3, 0.4) is 0 Å². The van der Waals surface area contributed by atoms with Crippen molar-refractivity contribution in [2.45, 2.75) is 45.8 Å². The third-order valence-corrected chi connectivity index (χ3v) is 6.82. The molecule has 0 aliphatic rings. The lowest BCUT2D eigenvalue weighted by Crippen LogP contribution is -2.46. The van der Waals surface area contributed by atoms with E-state index in [-0.39, 0.29) is 24.4 Å². The number of aromatic nitrogens is 1. The summed E-state index contributed by atoms with van der Waals surface area (Å²) in [6.45, 7) is 6.25. The molecule has 7 nitrogen and oxygen atoms in total. The molecule has 7 heteroatoms. The molecule has 0 fully saturated rings. The second-order valence-electron chi connectivity index (χ2n) is 9.61. The first-order valence-corrected chi connectivity index (χ1v) is 13.5. The van der Waals surface area contributed by atoms with Crippen LogP contribution in [-0.4, -0.2) is 66.1 Å². The molecule has 39 heavy (non-hydrogen) atoms. The van der Waals surface area contributed by atoms with Crippen LogP contribution in [0.2, 0.25) is 0 Å². The summed E-state index contributed by atoms with van der Waals surface area (Å²) in [5, 5.41) is 0. The minimum absolute atomic E-state index is 0.0165. The fraction of sp³-hybridized carbons (Fsp3) is 0.375. The molecule has 3 aromatic rings. The Morgan fingerprint density at radius 1 is 1.03 bits per heavy atom. The highest BCUT2D eigenvalue weighted by atomic mass is 16.5. The Bertz CT molecular complexity index is 1200. The van der Waals surface area contributed by atoms with Gasteiger partial charge >= 0.3 is 0 Å². The van der Waals surface area contributed by atoms with Gasteiger partial charge in [-0.25, -0.2) is 0 Å². The van der Waals surface area contributed by atoms with E-state index in [1.165, 1.54) is 0 Å². The number of carbonyl (C=O) groups is 2. The number of benzene rings is 2. The summed E-state index contributed by atoms with van der Waals surface area (Å²) >= 11 is 0. The van der Waals surface area contributed by atoms with Crippen molar-refractivity contribution in [1.82, 2.24) is 14.4 Å². The molecule has 2 aromatic carbocycles. The van der Waals surface area contributed by atoms with Crippen LogP contribution in [0.25, 0.3) is 6.08 Å². The first-order valence-electron chi connectivity index (χ1n) is 13.5. The fourth-order valence-corrected chi connectivity index (χ4v) is 4.36. The van der Waals surface area contributed by atoms with Crippen molar-refractivity contribution in [2.24, 2.45) is 0 Å². The SMILES string of the molecule is CCC(C)N(Cc1cccn1Cc1cccc(OC)c1)C(=O)CN(CCCOC)C(=O)/C=C/c1ccccc1. The molecule has 1 unspecified atom stereocenters. The Labute approximate surface area is 232 Å². The molecule has 1 aromatic heterocycles. The summed E-state index contributed by atoms with van der Waals surface area (Å²) in [6, 6.07) is 21.7. The molecular formula is C32H41N3O4. The predicted molar refractivity (Wildman–Crippen MR) is 155 cm³/mol. The van der Waals surface area contributed by atoms with Crippen molar-refractivity contribution < 1.29 is 19.1 Å². The van der Waals surface area contributed by atoms with Crippen LogP contribution in [0.15, 0.2) is 79.0 Å². The predicted octanol–water partition coefficient (Wildman–Crippen LogP) is 5.25. The molecule has 0 bridgehead atoms. The van der Waals surface area contributed by atoms with Crippen molar-refractivity contribution >= 4 is 17.9 Å². The molecule has 0 N–H and O–H groups in total. The smallest absolute Gasteiger partial charge is 0.247 e. The second kappa shape index (κ2) is 15.5. The maximum atomic E-state index is 13.7. The van der Waals surface area contributed by atoms with Gasteiger partial charge in [0.25, 0.3) is 0 Å². The van der Waals surface area contributed by atoms with Gasteiger partial charge in [0.1, 0.15) is 12.3 Å². The Balaban J connectivity index is 1.75. The molecule has 0 radical (unpaired) electrons. The Kier molecular flexibility index (Phi) is 11.8. The number of hydrogen-bond donors (Lipinski definition) is 0. The van der Waals surface area contributed by atoms with Crippen LogP contribution in [0.4, 0.5) is 0 Å². The monoisotopic (exact) mass is 531 g/mol. The first kappa shape index (κ1) is 29.7. The molecule has 0 aliphatic carbocycles. The highest BCUT2D eigenvalue weighted by molar-refractivity contribution is 5.94. The average molecular weight is 532 g/mol. The molecular weight excluding hydrogens is 490 g/mol. The quantitative estimate of drug-likeness (QED) is 0.199. The summed E-state index contributed by atoms with van der Waals surface area (Å²) in [4.78, 5) is 30.3. The van der Waals surface area contributed by atoms with Crippen LogP contribution in [0.5, 0.6) is 5.75 Å². The summed E-state index contributed by atoms with van der Waals surface area (Å²) < 4.78 is 12.7. The fourth-order valence-electron chi connectivity index (χ4n) is 4.36. The van der Waals surface area contributed by atoms with Crippen molar-refractivity contribution in [3.63, 3.8) is 0 Å². The van der Waals surface area contributed by atoms with Gasteiger partial charge in [-0.05, 0) is 61.2 Å². The summed E-state index contributed by atoms with van der Waals surface area (Å²) in [7, 11) is 3.30. The molecule has 1 heterocycles. The largest absolute Gasteiger partial charge is 0.497 e. The van der Waals surface area contributed by atoms with E-state index in [9.17, 15) is 9.59 Å². The zero-order valence-electron chi connectivity index (χ0n) is 23.6. The number of hydrogen-bond acceptors (Lipinski definition) is 4. The van der Waals surface area contributed by atoms with Crippen molar-refractivity contribution in [1.29, 1.82) is 0 Å². The third-order valence-electron chi connectivity index (χ3n) is 6.82. The van der Waals surface area contributed by atoms with Crippen LogP contribution >= 0.6 is 0 Å². The number of methoxy groups -OCH3 is 2. The normalized spacial score (nSPS) is 11.9. The Morgan fingerprint density at radius 3 is 2.54 bits per heavy atom. The van der Waals surface area contributed by atoms with Gasteiger partial charge in [0, 0.05) is 50.8 Å². The van der Waals surface area contributed by atoms with Crippen molar-refractivity contribution in [3.05, 3.63) is 95.8 Å². The third kappa shape index (κ3) is 9.14. The Hall–Kier alpha value is -3.84. The van der Waals surface area contributed by atoms with Crippen LogP contribution in [-0.2, 0) is 27.4 Å². The number of nitrogens with zero attached hydrogens (tertiary/aromatic N) is 3. The molecule has 0 saturated carbocycles.